The maximum atomic E-state index is 12.3. The zero-order valence-corrected chi connectivity index (χ0v) is 11.9. The number of fused-ring (bicyclic) bond motifs is 1. The predicted molar refractivity (Wildman–Crippen MR) is 79.0 cm³/mol. The van der Waals surface area contributed by atoms with Crippen LogP contribution in [0.4, 0.5) is 0 Å². The van der Waals surface area contributed by atoms with E-state index in [-0.39, 0.29) is 11.1 Å². The monoisotopic (exact) mass is 291 g/mol. The number of aromatic carboxylic acids is 1. The van der Waals surface area contributed by atoms with E-state index in [1.54, 1.807) is 0 Å². The molecule has 0 saturated heterocycles. The molecule has 0 saturated carbocycles. The van der Waals surface area contributed by atoms with Gasteiger partial charge in [-0.15, -0.1) is 0 Å². The summed E-state index contributed by atoms with van der Waals surface area (Å²) < 4.78 is 1.15. The van der Waals surface area contributed by atoms with Crippen LogP contribution in [0.25, 0.3) is 10.9 Å². The fourth-order valence-corrected chi connectivity index (χ4v) is 2.14. The molecule has 0 aliphatic rings. The van der Waals surface area contributed by atoms with Crippen LogP contribution < -0.4 is 11.2 Å². The molecule has 2 rings (SSSR count). The Morgan fingerprint density at radius 1 is 1.33 bits per heavy atom. The second-order valence-corrected chi connectivity index (χ2v) is 5.11. The van der Waals surface area contributed by atoms with Crippen molar-refractivity contribution >= 4 is 16.9 Å². The molecule has 0 spiro atoms. The third-order valence-corrected chi connectivity index (χ3v) is 3.22. The molecule has 1 heterocycles. The SMILES string of the molecule is CN(C)CCCn1c(=O)[nH]c2cc(C(=O)O)ccc2c1=O. The third kappa shape index (κ3) is 3.19. The summed E-state index contributed by atoms with van der Waals surface area (Å²) in [6, 6.07) is 4.08. The van der Waals surface area contributed by atoms with Gasteiger partial charge in [0, 0.05) is 6.54 Å². The summed E-state index contributed by atoms with van der Waals surface area (Å²) in [5, 5.41) is 9.24. The fraction of sp³-hybridized carbons (Fsp3) is 0.357. The average molecular weight is 291 g/mol. The van der Waals surface area contributed by atoms with Crippen LogP contribution in [0.3, 0.4) is 0 Å². The lowest BCUT2D eigenvalue weighted by Crippen LogP contribution is -2.35. The van der Waals surface area contributed by atoms with Gasteiger partial charge in [-0.05, 0) is 45.3 Å². The Morgan fingerprint density at radius 3 is 2.67 bits per heavy atom. The van der Waals surface area contributed by atoms with E-state index in [1.165, 1.54) is 18.2 Å². The quantitative estimate of drug-likeness (QED) is 0.828. The number of hydrogen-bond donors (Lipinski definition) is 2. The van der Waals surface area contributed by atoms with Gasteiger partial charge >= 0.3 is 11.7 Å². The van der Waals surface area contributed by atoms with E-state index in [1.807, 2.05) is 19.0 Å². The lowest BCUT2D eigenvalue weighted by Gasteiger charge is -2.10. The van der Waals surface area contributed by atoms with E-state index in [0.717, 1.165) is 11.1 Å². The largest absolute Gasteiger partial charge is 0.478 e. The van der Waals surface area contributed by atoms with Gasteiger partial charge in [0.2, 0.25) is 0 Å². The second-order valence-electron chi connectivity index (χ2n) is 5.11. The van der Waals surface area contributed by atoms with Crippen LogP contribution in [-0.4, -0.2) is 46.2 Å². The van der Waals surface area contributed by atoms with Gasteiger partial charge in [0.25, 0.3) is 5.56 Å². The molecule has 0 radical (unpaired) electrons. The molecule has 0 atom stereocenters. The molecule has 0 unspecified atom stereocenters. The highest BCUT2D eigenvalue weighted by atomic mass is 16.4. The van der Waals surface area contributed by atoms with Crippen LogP contribution in [0.1, 0.15) is 16.8 Å². The van der Waals surface area contributed by atoms with Crippen molar-refractivity contribution < 1.29 is 9.90 Å². The van der Waals surface area contributed by atoms with Crippen molar-refractivity contribution in [2.75, 3.05) is 20.6 Å². The summed E-state index contributed by atoms with van der Waals surface area (Å²) in [6.07, 6.45) is 0.675. The summed E-state index contributed by atoms with van der Waals surface area (Å²) in [7, 11) is 3.83. The number of rotatable bonds is 5. The van der Waals surface area contributed by atoms with Crippen molar-refractivity contribution in [1.29, 1.82) is 0 Å². The molecule has 2 N–H and O–H groups in total. The molecule has 2 aromatic rings. The van der Waals surface area contributed by atoms with Gasteiger partial charge in [0.15, 0.2) is 0 Å². The maximum absolute atomic E-state index is 12.3. The Labute approximate surface area is 120 Å². The highest BCUT2D eigenvalue weighted by Crippen LogP contribution is 2.09. The van der Waals surface area contributed by atoms with Crippen molar-refractivity contribution in [3.63, 3.8) is 0 Å². The lowest BCUT2D eigenvalue weighted by molar-refractivity contribution is 0.0697. The maximum Gasteiger partial charge on any atom is 0.335 e. The number of benzene rings is 1. The first-order chi connectivity index (χ1) is 9.90. The fourth-order valence-electron chi connectivity index (χ4n) is 2.14. The minimum absolute atomic E-state index is 0.0305. The molecule has 112 valence electrons. The number of nitrogens with one attached hydrogen (secondary N) is 1. The zero-order chi connectivity index (χ0) is 15.6. The molecule has 0 fully saturated rings. The second kappa shape index (κ2) is 5.92. The third-order valence-electron chi connectivity index (χ3n) is 3.22. The highest BCUT2D eigenvalue weighted by molar-refractivity contribution is 5.92. The predicted octanol–water partition coefficient (Wildman–Crippen LogP) is 0.340. The van der Waals surface area contributed by atoms with Crippen LogP contribution in [-0.2, 0) is 6.54 Å². The summed E-state index contributed by atoms with van der Waals surface area (Å²) in [5.41, 5.74) is -0.644. The van der Waals surface area contributed by atoms with Gasteiger partial charge in [-0.25, -0.2) is 9.59 Å². The van der Waals surface area contributed by atoms with Crippen LogP contribution >= 0.6 is 0 Å². The van der Waals surface area contributed by atoms with Crippen molar-refractivity contribution in [3.05, 3.63) is 44.6 Å². The molecule has 7 heteroatoms. The van der Waals surface area contributed by atoms with Crippen LogP contribution in [0, 0.1) is 0 Å². The Morgan fingerprint density at radius 2 is 2.05 bits per heavy atom. The van der Waals surface area contributed by atoms with E-state index in [0.29, 0.717) is 18.4 Å². The molecule has 1 aromatic carbocycles. The van der Waals surface area contributed by atoms with Crippen LogP contribution in [0.15, 0.2) is 27.8 Å². The first-order valence-corrected chi connectivity index (χ1v) is 6.55. The minimum Gasteiger partial charge on any atom is -0.478 e. The highest BCUT2D eigenvalue weighted by Gasteiger charge is 2.10. The van der Waals surface area contributed by atoms with Crippen molar-refractivity contribution in [2.24, 2.45) is 0 Å². The topological polar surface area (TPSA) is 95.4 Å². The average Bonchev–Trinajstić information content (AvgIpc) is 2.41. The Hall–Kier alpha value is -2.41. The molecular weight excluding hydrogens is 274 g/mol. The Kier molecular flexibility index (Phi) is 4.23. The van der Waals surface area contributed by atoms with Crippen LogP contribution in [0.2, 0.25) is 0 Å². The first-order valence-electron chi connectivity index (χ1n) is 6.55. The van der Waals surface area contributed by atoms with Gasteiger partial charge in [0.1, 0.15) is 0 Å². The number of hydrogen-bond acceptors (Lipinski definition) is 4. The van der Waals surface area contributed by atoms with Crippen molar-refractivity contribution in [2.45, 2.75) is 13.0 Å². The molecular formula is C14H17N3O4. The van der Waals surface area contributed by atoms with Gasteiger partial charge in [-0.1, -0.05) is 0 Å². The Balaban J connectivity index is 2.46. The van der Waals surface area contributed by atoms with E-state index in [9.17, 15) is 14.4 Å². The molecule has 0 bridgehead atoms. The summed E-state index contributed by atoms with van der Waals surface area (Å²) >= 11 is 0. The summed E-state index contributed by atoms with van der Waals surface area (Å²) in [5.74, 6) is -1.10. The van der Waals surface area contributed by atoms with E-state index in [2.05, 4.69) is 4.98 Å². The number of carbonyl (C=O) groups is 1. The molecule has 7 nitrogen and oxygen atoms in total. The first kappa shape index (κ1) is 15.0. The van der Waals surface area contributed by atoms with Crippen molar-refractivity contribution in [1.82, 2.24) is 14.5 Å². The summed E-state index contributed by atoms with van der Waals surface area (Å²) in [6.45, 7) is 1.09. The normalized spacial score (nSPS) is 11.2. The molecule has 0 aliphatic heterocycles. The van der Waals surface area contributed by atoms with Crippen LogP contribution in [0.5, 0.6) is 0 Å². The van der Waals surface area contributed by atoms with E-state index < -0.39 is 17.2 Å². The van der Waals surface area contributed by atoms with Gasteiger partial charge in [-0.2, -0.15) is 0 Å². The standard InChI is InChI=1S/C14H17N3O4/c1-16(2)6-3-7-17-12(18)10-5-4-9(13(19)20)8-11(10)15-14(17)21/h4-5,8H,3,6-7H2,1-2H3,(H,15,21)(H,19,20). The molecule has 0 aliphatic carbocycles. The van der Waals surface area contributed by atoms with E-state index in [4.69, 9.17) is 5.11 Å². The number of aromatic nitrogens is 2. The zero-order valence-electron chi connectivity index (χ0n) is 11.9. The van der Waals surface area contributed by atoms with Gasteiger partial charge < -0.3 is 15.0 Å². The number of aromatic amines is 1. The minimum atomic E-state index is -1.10. The van der Waals surface area contributed by atoms with Gasteiger partial charge in [0.05, 0.1) is 16.5 Å². The molecule has 0 amide bonds. The van der Waals surface area contributed by atoms with Crippen molar-refractivity contribution in [3.8, 4) is 0 Å². The number of nitrogens with zero attached hydrogens (tertiary/aromatic N) is 2. The summed E-state index contributed by atoms with van der Waals surface area (Å²) in [4.78, 5) is 39.7. The molecule has 21 heavy (non-hydrogen) atoms. The van der Waals surface area contributed by atoms with E-state index >= 15 is 0 Å². The molecule has 1 aromatic heterocycles. The number of carboxylic acid groups (broad SMARTS) is 1. The number of carboxylic acids is 1. The smallest absolute Gasteiger partial charge is 0.335 e. The Bertz CT molecular complexity index is 789. The number of H-pyrrole nitrogens is 1. The van der Waals surface area contributed by atoms with Gasteiger partial charge in [-0.3, -0.25) is 9.36 Å². The lowest BCUT2D eigenvalue weighted by atomic mass is 10.1.